The van der Waals surface area contributed by atoms with E-state index in [1.54, 1.807) is 6.08 Å². The van der Waals surface area contributed by atoms with Crippen LogP contribution in [0, 0.1) is 0 Å². The highest BCUT2D eigenvalue weighted by atomic mass is 16.3. The first-order valence-electron chi connectivity index (χ1n) is 8.34. The van der Waals surface area contributed by atoms with E-state index in [2.05, 4.69) is 13.8 Å². The lowest BCUT2D eigenvalue weighted by molar-refractivity contribution is 0.0407. The van der Waals surface area contributed by atoms with Crippen molar-refractivity contribution in [1.29, 1.82) is 0 Å². The molecule has 0 aromatic heterocycles. The van der Waals surface area contributed by atoms with Crippen LogP contribution in [0.15, 0.2) is 12.2 Å². The zero-order valence-corrected chi connectivity index (χ0v) is 13.3. The first kappa shape index (κ1) is 19.6. The number of rotatable bonds is 13. The summed E-state index contributed by atoms with van der Waals surface area (Å²) in [6.07, 6.45) is 11.4. The Hall–Kier alpha value is -0.380. The van der Waals surface area contributed by atoms with Crippen LogP contribution in [0.2, 0.25) is 0 Å². The topological polar surface area (TPSA) is 60.7 Å². The van der Waals surface area contributed by atoms with E-state index in [0.29, 0.717) is 6.42 Å². The minimum absolute atomic E-state index is 0.507. The van der Waals surface area contributed by atoms with Crippen LogP contribution >= 0.6 is 0 Å². The summed E-state index contributed by atoms with van der Waals surface area (Å²) in [5, 5.41) is 29.3. The predicted octanol–water partition coefficient (Wildman–Crippen LogP) is 3.57. The second kappa shape index (κ2) is 13.6. The molecule has 0 radical (unpaired) electrons. The van der Waals surface area contributed by atoms with Crippen molar-refractivity contribution < 1.29 is 15.3 Å². The third-order valence-corrected chi connectivity index (χ3v) is 3.63. The van der Waals surface area contributed by atoms with Gasteiger partial charge in [0.05, 0.1) is 18.3 Å². The van der Waals surface area contributed by atoms with Crippen molar-refractivity contribution in [2.75, 3.05) is 0 Å². The van der Waals surface area contributed by atoms with Crippen molar-refractivity contribution in [3.63, 3.8) is 0 Å². The van der Waals surface area contributed by atoms with E-state index < -0.39 is 18.3 Å². The van der Waals surface area contributed by atoms with E-state index in [1.807, 2.05) is 0 Å². The molecule has 120 valence electrons. The smallest absolute Gasteiger partial charge is 0.0980 e. The molecular weight excluding hydrogens is 252 g/mol. The molecule has 0 bridgehead atoms. The Kier molecular flexibility index (Phi) is 13.3. The van der Waals surface area contributed by atoms with Gasteiger partial charge in [-0.3, -0.25) is 0 Å². The number of aliphatic hydroxyl groups excluding tert-OH is 3. The summed E-state index contributed by atoms with van der Waals surface area (Å²) in [5.74, 6) is 0. The van der Waals surface area contributed by atoms with Gasteiger partial charge in [0.1, 0.15) is 0 Å². The van der Waals surface area contributed by atoms with Gasteiger partial charge in [0.15, 0.2) is 0 Å². The van der Waals surface area contributed by atoms with Gasteiger partial charge in [-0.25, -0.2) is 0 Å². The van der Waals surface area contributed by atoms with Crippen molar-refractivity contribution in [2.24, 2.45) is 0 Å². The molecule has 0 spiro atoms. The highest BCUT2D eigenvalue weighted by Gasteiger charge is 2.13. The van der Waals surface area contributed by atoms with E-state index in [-0.39, 0.29) is 0 Å². The molecule has 0 amide bonds. The van der Waals surface area contributed by atoms with Gasteiger partial charge in [0.2, 0.25) is 0 Å². The zero-order valence-electron chi connectivity index (χ0n) is 13.3. The first-order valence-corrected chi connectivity index (χ1v) is 8.34. The lowest BCUT2D eigenvalue weighted by atomic mass is 10.0. The molecule has 0 saturated carbocycles. The molecule has 0 aromatic rings. The van der Waals surface area contributed by atoms with Gasteiger partial charge in [-0.05, 0) is 12.8 Å². The standard InChI is InChI=1S/C17H34O3/c1-3-5-7-8-10-12-16(19)17(20)14-13-15(18)11-9-6-4-2/h13-20H,3-12H2,1-2H3/b14-13+. The van der Waals surface area contributed by atoms with Crippen LogP contribution in [-0.2, 0) is 0 Å². The highest BCUT2D eigenvalue weighted by molar-refractivity contribution is 4.96. The fourth-order valence-electron chi connectivity index (χ4n) is 2.20. The minimum atomic E-state index is -0.859. The van der Waals surface area contributed by atoms with E-state index >= 15 is 0 Å². The van der Waals surface area contributed by atoms with E-state index in [0.717, 1.165) is 38.5 Å². The molecule has 0 aliphatic carbocycles. The van der Waals surface area contributed by atoms with Crippen molar-refractivity contribution in [1.82, 2.24) is 0 Å². The lowest BCUT2D eigenvalue weighted by Gasteiger charge is -2.15. The molecule has 3 unspecified atom stereocenters. The minimum Gasteiger partial charge on any atom is -0.390 e. The number of hydrogen-bond acceptors (Lipinski definition) is 3. The molecule has 0 fully saturated rings. The third kappa shape index (κ3) is 11.4. The van der Waals surface area contributed by atoms with Crippen LogP contribution in [0.1, 0.15) is 78.1 Å². The average molecular weight is 286 g/mol. The molecule has 0 saturated heterocycles. The third-order valence-electron chi connectivity index (χ3n) is 3.63. The van der Waals surface area contributed by atoms with Crippen LogP contribution in [0.3, 0.4) is 0 Å². The zero-order chi connectivity index (χ0) is 15.2. The summed E-state index contributed by atoms with van der Waals surface area (Å²) in [6, 6.07) is 0. The second-order valence-electron chi connectivity index (χ2n) is 5.71. The SMILES string of the molecule is CCCCCCCC(O)C(O)/C=C/C(O)CCCCC. The van der Waals surface area contributed by atoms with E-state index in [1.165, 1.54) is 25.3 Å². The monoisotopic (exact) mass is 286 g/mol. The number of unbranched alkanes of at least 4 members (excludes halogenated alkanes) is 6. The van der Waals surface area contributed by atoms with Crippen molar-refractivity contribution >= 4 is 0 Å². The van der Waals surface area contributed by atoms with Gasteiger partial charge in [-0.1, -0.05) is 77.4 Å². The van der Waals surface area contributed by atoms with E-state index in [4.69, 9.17) is 0 Å². The van der Waals surface area contributed by atoms with Gasteiger partial charge in [-0.2, -0.15) is 0 Å². The summed E-state index contributed by atoms with van der Waals surface area (Å²) in [4.78, 5) is 0. The molecule has 0 rings (SSSR count). The Morgan fingerprint density at radius 1 is 0.700 bits per heavy atom. The van der Waals surface area contributed by atoms with Gasteiger partial charge < -0.3 is 15.3 Å². The first-order chi connectivity index (χ1) is 9.61. The molecule has 3 N–H and O–H groups in total. The summed E-state index contributed by atoms with van der Waals surface area (Å²) < 4.78 is 0. The molecule has 0 aliphatic rings. The maximum Gasteiger partial charge on any atom is 0.0980 e. The Labute approximate surface area is 124 Å². The predicted molar refractivity (Wildman–Crippen MR) is 84.7 cm³/mol. The van der Waals surface area contributed by atoms with Crippen molar-refractivity contribution in [3.8, 4) is 0 Å². The summed E-state index contributed by atoms with van der Waals surface area (Å²) in [6.45, 7) is 4.30. The molecule has 0 heterocycles. The average Bonchev–Trinajstić information content (AvgIpc) is 2.44. The van der Waals surface area contributed by atoms with Gasteiger partial charge in [-0.15, -0.1) is 0 Å². The summed E-state index contributed by atoms with van der Waals surface area (Å²) >= 11 is 0. The van der Waals surface area contributed by atoms with Crippen LogP contribution in [0.25, 0.3) is 0 Å². The highest BCUT2D eigenvalue weighted by Crippen LogP contribution is 2.11. The maximum absolute atomic E-state index is 9.82. The Morgan fingerprint density at radius 2 is 1.25 bits per heavy atom. The molecule has 0 aromatic carbocycles. The summed E-state index contributed by atoms with van der Waals surface area (Å²) in [5.41, 5.74) is 0. The van der Waals surface area contributed by atoms with Gasteiger partial charge in [0, 0.05) is 0 Å². The Balaban J connectivity index is 3.73. The van der Waals surface area contributed by atoms with Gasteiger partial charge >= 0.3 is 0 Å². The van der Waals surface area contributed by atoms with E-state index in [9.17, 15) is 15.3 Å². The largest absolute Gasteiger partial charge is 0.390 e. The van der Waals surface area contributed by atoms with Crippen LogP contribution in [0.5, 0.6) is 0 Å². The second-order valence-corrected chi connectivity index (χ2v) is 5.71. The molecule has 0 aliphatic heterocycles. The lowest BCUT2D eigenvalue weighted by Crippen LogP contribution is -2.24. The fourth-order valence-corrected chi connectivity index (χ4v) is 2.20. The summed E-state index contributed by atoms with van der Waals surface area (Å²) in [7, 11) is 0. The van der Waals surface area contributed by atoms with Crippen molar-refractivity contribution in [2.45, 2.75) is 96.4 Å². The Bertz CT molecular complexity index is 228. The quantitative estimate of drug-likeness (QED) is 0.358. The number of hydrogen-bond donors (Lipinski definition) is 3. The van der Waals surface area contributed by atoms with Gasteiger partial charge in [0.25, 0.3) is 0 Å². The number of aliphatic hydroxyl groups is 3. The molecular formula is C17H34O3. The molecule has 3 atom stereocenters. The van der Waals surface area contributed by atoms with Crippen LogP contribution in [-0.4, -0.2) is 33.6 Å². The molecule has 3 nitrogen and oxygen atoms in total. The molecule has 20 heavy (non-hydrogen) atoms. The van der Waals surface area contributed by atoms with Crippen LogP contribution in [0.4, 0.5) is 0 Å². The molecule has 3 heteroatoms. The maximum atomic E-state index is 9.82. The van der Waals surface area contributed by atoms with Crippen molar-refractivity contribution in [3.05, 3.63) is 12.2 Å². The van der Waals surface area contributed by atoms with Crippen LogP contribution < -0.4 is 0 Å². The normalized spacial score (nSPS) is 16.4. The fraction of sp³-hybridized carbons (Fsp3) is 0.882. The Morgan fingerprint density at radius 3 is 1.90 bits per heavy atom.